The SMILES string of the molecule is CC(=O)Nc1c(C(=O)C(C)(C)O)oc2nc(-c3ccc(C#N)cc3Cl)c(-c3ccc(Cl)cc3)cc12. The fraction of sp³-hybridized carbons (Fsp3) is 0.154. The van der Waals surface area contributed by atoms with Crippen LogP contribution in [0.2, 0.25) is 10.0 Å². The first-order valence-electron chi connectivity index (χ1n) is 10.5. The highest BCUT2D eigenvalue weighted by Crippen LogP contribution is 2.41. The standard InChI is InChI=1S/C26H19Cl2N3O4/c1-13(32)30-22-19-11-18(15-5-7-16(27)8-6-15)21(17-9-4-14(12-29)10-20(17)28)31-25(19)35-23(22)24(33)26(2,3)34/h4-11,34H,1-3H3,(H,30,32). The molecule has 9 heteroatoms. The van der Waals surface area contributed by atoms with Gasteiger partial charge in [-0.1, -0.05) is 35.3 Å². The van der Waals surface area contributed by atoms with Crippen LogP contribution < -0.4 is 5.32 Å². The maximum Gasteiger partial charge on any atom is 0.231 e. The summed E-state index contributed by atoms with van der Waals surface area (Å²) in [4.78, 5) is 29.5. The average molecular weight is 508 g/mol. The van der Waals surface area contributed by atoms with Gasteiger partial charge in [0.25, 0.3) is 0 Å². The van der Waals surface area contributed by atoms with Crippen LogP contribution in [0.25, 0.3) is 33.5 Å². The van der Waals surface area contributed by atoms with Gasteiger partial charge in [0.05, 0.1) is 27.7 Å². The van der Waals surface area contributed by atoms with Gasteiger partial charge >= 0.3 is 0 Å². The molecule has 0 radical (unpaired) electrons. The minimum Gasteiger partial charge on any atom is -0.432 e. The summed E-state index contributed by atoms with van der Waals surface area (Å²) in [6.07, 6.45) is 0. The van der Waals surface area contributed by atoms with Crippen molar-refractivity contribution in [2.24, 2.45) is 0 Å². The molecule has 35 heavy (non-hydrogen) atoms. The number of anilines is 1. The molecule has 0 unspecified atom stereocenters. The maximum atomic E-state index is 12.9. The van der Waals surface area contributed by atoms with E-state index >= 15 is 0 Å². The quantitative estimate of drug-likeness (QED) is 0.308. The number of aromatic nitrogens is 1. The zero-order valence-corrected chi connectivity index (χ0v) is 20.5. The number of nitrogens with zero attached hydrogens (tertiary/aromatic N) is 2. The first kappa shape index (κ1) is 24.4. The largest absolute Gasteiger partial charge is 0.432 e. The molecule has 4 rings (SSSR count). The van der Waals surface area contributed by atoms with Crippen molar-refractivity contribution < 1.29 is 19.1 Å². The molecule has 0 bridgehead atoms. The summed E-state index contributed by atoms with van der Waals surface area (Å²) in [6.45, 7) is 3.96. The molecule has 176 valence electrons. The molecule has 2 heterocycles. The Balaban J connectivity index is 2.08. The van der Waals surface area contributed by atoms with E-state index in [0.717, 1.165) is 5.56 Å². The summed E-state index contributed by atoms with van der Waals surface area (Å²) in [6, 6.07) is 15.6. The fourth-order valence-electron chi connectivity index (χ4n) is 3.59. The minimum absolute atomic E-state index is 0.0643. The average Bonchev–Trinajstić information content (AvgIpc) is 3.14. The zero-order valence-electron chi connectivity index (χ0n) is 18.9. The lowest BCUT2D eigenvalue weighted by Crippen LogP contribution is -2.31. The summed E-state index contributed by atoms with van der Waals surface area (Å²) in [7, 11) is 0. The van der Waals surface area contributed by atoms with E-state index in [1.165, 1.54) is 26.8 Å². The van der Waals surface area contributed by atoms with Crippen LogP contribution in [0.3, 0.4) is 0 Å². The second-order valence-electron chi connectivity index (χ2n) is 8.43. The molecule has 0 atom stereocenters. The lowest BCUT2D eigenvalue weighted by molar-refractivity contribution is -0.114. The normalized spacial score (nSPS) is 11.3. The van der Waals surface area contributed by atoms with Crippen molar-refractivity contribution in [1.29, 1.82) is 5.26 Å². The Labute approximate surface area is 210 Å². The first-order chi connectivity index (χ1) is 16.5. The fourth-order valence-corrected chi connectivity index (χ4v) is 3.99. The maximum absolute atomic E-state index is 12.9. The van der Waals surface area contributed by atoms with Gasteiger partial charge in [-0.15, -0.1) is 0 Å². The monoisotopic (exact) mass is 507 g/mol. The Morgan fingerprint density at radius 2 is 1.77 bits per heavy atom. The zero-order chi connectivity index (χ0) is 25.5. The van der Waals surface area contributed by atoms with Crippen LogP contribution in [0, 0.1) is 11.3 Å². The molecule has 2 aromatic carbocycles. The number of halogens is 2. The Morgan fingerprint density at radius 1 is 1.09 bits per heavy atom. The van der Waals surface area contributed by atoms with Gasteiger partial charge in [-0.3, -0.25) is 9.59 Å². The molecule has 0 aliphatic heterocycles. The number of pyridine rings is 1. The van der Waals surface area contributed by atoms with Crippen molar-refractivity contribution in [3.8, 4) is 28.5 Å². The van der Waals surface area contributed by atoms with Crippen LogP contribution in [0.1, 0.15) is 36.9 Å². The minimum atomic E-state index is -1.75. The number of ketones is 1. The van der Waals surface area contributed by atoms with E-state index in [0.29, 0.717) is 37.8 Å². The summed E-state index contributed by atoms with van der Waals surface area (Å²) in [5.74, 6) is -1.37. The number of fused-ring (bicyclic) bond motifs is 1. The van der Waals surface area contributed by atoms with E-state index in [1.807, 2.05) is 6.07 Å². The van der Waals surface area contributed by atoms with Crippen LogP contribution in [0.15, 0.2) is 52.9 Å². The van der Waals surface area contributed by atoms with Crippen LogP contribution in [-0.2, 0) is 4.79 Å². The molecule has 7 nitrogen and oxygen atoms in total. The van der Waals surface area contributed by atoms with E-state index in [2.05, 4.69) is 10.3 Å². The van der Waals surface area contributed by atoms with E-state index < -0.39 is 17.3 Å². The van der Waals surface area contributed by atoms with Crippen molar-refractivity contribution in [2.75, 3.05) is 5.32 Å². The van der Waals surface area contributed by atoms with Crippen LogP contribution in [0.5, 0.6) is 0 Å². The number of Topliss-reactive ketones (excluding diaryl/α,β-unsaturated/α-hetero) is 1. The molecule has 2 aromatic heterocycles. The Morgan fingerprint density at radius 3 is 2.34 bits per heavy atom. The van der Waals surface area contributed by atoms with Crippen molar-refractivity contribution >= 4 is 51.7 Å². The molecule has 0 spiro atoms. The number of rotatable bonds is 5. The number of aliphatic hydroxyl groups is 1. The van der Waals surface area contributed by atoms with E-state index in [9.17, 15) is 20.0 Å². The molecular formula is C26H19Cl2N3O4. The number of nitriles is 1. The van der Waals surface area contributed by atoms with Gasteiger partial charge < -0.3 is 14.8 Å². The predicted molar refractivity (Wildman–Crippen MR) is 135 cm³/mol. The molecule has 4 aromatic rings. The third kappa shape index (κ3) is 4.77. The Bertz CT molecular complexity index is 1530. The third-order valence-electron chi connectivity index (χ3n) is 5.25. The number of hydrogen-bond donors (Lipinski definition) is 2. The highest BCUT2D eigenvalue weighted by Gasteiger charge is 2.33. The van der Waals surface area contributed by atoms with Gasteiger partial charge in [0, 0.05) is 23.1 Å². The van der Waals surface area contributed by atoms with Gasteiger partial charge in [0.2, 0.25) is 17.4 Å². The molecule has 0 saturated carbocycles. The highest BCUT2D eigenvalue weighted by molar-refractivity contribution is 6.33. The van der Waals surface area contributed by atoms with Crippen LogP contribution in [0.4, 0.5) is 5.69 Å². The topological polar surface area (TPSA) is 116 Å². The molecular weight excluding hydrogens is 489 g/mol. The summed E-state index contributed by atoms with van der Waals surface area (Å²) in [5, 5.41) is 23.4. The first-order valence-corrected chi connectivity index (χ1v) is 11.2. The van der Waals surface area contributed by atoms with Crippen LogP contribution in [-0.4, -0.2) is 27.4 Å². The summed E-state index contributed by atoms with van der Waals surface area (Å²) < 4.78 is 5.79. The van der Waals surface area contributed by atoms with E-state index in [-0.39, 0.29) is 17.2 Å². The van der Waals surface area contributed by atoms with Gasteiger partial charge in [0.15, 0.2) is 5.76 Å². The number of carbonyl (C=O) groups excluding carboxylic acids is 2. The molecule has 0 aliphatic rings. The van der Waals surface area contributed by atoms with Gasteiger partial charge in [-0.25, -0.2) is 4.98 Å². The lowest BCUT2D eigenvalue weighted by atomic mass is 9.96. The second-order valence-corrected chi connectivity index (χ2v) is 9.27. The van der Waals surface area contributed by atoms with Crippen molar-refractivity contribution in [3.05, 3.63) is 69.9 Å². The molecule has 0 fully saturated rings. The van der Waals surface area contributed by atoms with Crippen LogP contribution >= 0.6 is 23.2 Å². The van der Waals surface area contributed by atoms with Crippen molar-refractivity contribution in [3.63, 3.8) is 0 Å². The summed E-state index contributed by atoms with van der Waals surface area (Å²) in [5.41, 5.74) is 1.13. The molecule has 0 aliphatic carbocycles. The van der Waals surface area contributed by atoms with Crippen molar-refractivity contribution in [2.45, 2.75) is 26.4 Å². The summed E-state index contributed by atoms with van der Waals surface area (Å²) >= 11 is 12.6. The number of furan rings is 1. The molecule has 2 N–H and O–H groups in total. The smallest absolute Gasteiger partial charge is 0.231 e. The van der Waals surface area contributed by atoms with E-state index in [4.69, 9.17) is 27.6 Å². The number of hydrogen-bond acceptors (Lipinski definition) is 6. The van der Waals surface area contributed by atoms with Gasteiger partial charge in [-0.05, 0) is 55.8 Å². The van der Waals surface area contributed by atoms with E-state index in [1.54, 1.807) is 42.5 Å². The second kappa shape index (κ2) is 9.16. The van der Waals surface area contributed by atoms with Crippen molar-refractivity contribution in [1.82, 2.24) is 4.98 Å². The Kier molecular flexibility index (Phi) is 6.39. The number of amides is 1. The number of nitrogens with one attached hydrogen (secondary N) is 1. The number of benzene rings is 2. The Hall–Kier alpha value is -3.70. The molecule has 1 amide bonds. The van der Waals surface area contributed by atoms with Gasteiger partial charge in [0.1, 0.15) is 11.3 Å². The highest BCUT2D eigenvalue weighted by atomic mass is 35.5. The number of carbonyl (C=O) groups is 2. The van der Waals surface area contributed by atoms with Gasteiger partial charge in [-0.2, -0.15) is 5.26 Å². The molecule has 0 saturated heterocycles. The predicted octanol–water partition coefficient (Wildman–Crippen LogP) is 6.25. The lowest BCUT2D eigenvalue weighted by Gasteiger charge is -2.14. The third-order valence-corrected chi connectivity index (χ3v) is 5.82.